The molecule has 0 unspecified atom stereocenters. The Labute approximate surface area is 141 Å². The Morgan fingerprint density at radius 2 is 2.08 bits per heavy atom. The zero-order chi connectivity index (χ0) is 16.8. The number of nitrogens with zero attached hydrogens (tertiary/aromatic N) is 1. The fourth-order valence-electron chi connectivity index (χ4n) is 2.42. The smallest absolute Gasteiger partial charge is 0.242 e. The monoisotopic (exact) mass is 332 g/mol. The summed E-state index contributed by atoms with van der Waals surface area (Å²) < 4.78 is 10.7. The first kappa shape index (κ1) is 16.4. The predicted octanol–water partition coefficient (Wildman–Crippen LogP) is 0.792. The zero-order valence-electron chi connectivity index (χ0n) is 13.9. The Kier molecular flexibility index (Phi) is 5.40. The molecule has 1 fully saturated rings. The van der Waals surface area contributed by atoms with Gasteiger partial charge in [0.25, 0.3) is 0 Å². The highest BCUT2D eigenvalue weighted by Gasteiger charge is 2.22. The number of rotatable bonds is 7. The Balaban J connectivity index is 1.45. The van der Waals surface area contributed by atoms with Gasteiger partial charge in [-0.25, -0.2) is 4.99 Å². The Hall–Kier alpha value is -2.44. The van der Waals surface area contributed by atoms with Crippen molar-refractivity contribution in [3.05, 3.63) is 23.8 Å². The van der Waals surface area contributed by atoms with Gasteiger partial charge in [-0.15, -0.1) is 0 Å². The lowest BCUT2D eigenvalue weighted by Crippen LogP contribution is -2.39. The number of fused-ring (bicyclic) bond motifs is 1. The maximum absolute atomic E-state index is 11.7. The second-order valence-electron chi connectivity index (χ2n) is 5.90. The van der Waals surface area contributed by atoms with Crippen LogP contribution in [0.3, 0.4) is 0 Å². The van der Waals surface area contributed by atoms with Gasteiger partial charge in [-0.05, 0) is 43.9 Å². The van der Waals surface area contributed by atoms with E-state index in [0.29, 0.717) is 12.0 Å². The summed E-state index contributed by atoms with van der Waals surface area (Å²) in [6.07, 6.45) is 3.00. The number of carbonyl (C=O) groups is 1. The third kappa shape index (κ3) is 4.78. The maximum Gasteiger partial charge on any atom is 0.242 e. The van der Waals surface area contributed by atoms with Crippen molar-refractivity contribution in [3.63, 3.8) is 0 Å². The van der Waals surface area contributed by atoms with Gasteiger partial charge in [-0.2, -0.15) is 0 Å². The van der Waals surface area contributed by atoms with Gasteiger partial charge in [0.2, 0.25) is 12.7 Å². The quantitative estimate of drug-likeness (QED) is 0.508. The van der Waals surface area contributed by atoms with E-state index in [1.807, 2.05) is 25.1 Å². The molecule has 1 aliphatic carbocycles. The van der Waals surface area contributed by atoms with Crippen LogP contribution in [0.25, 0.3) is 0 Å². The molecule has 3 N–H and O–H groups in total. The zero-order valence-corrected chi connectivity index (χ0v) is 13.9. The van der Waals surface area contributed by atoms with Crippen molar-refractivity contribution in [1.29, 1.82) is 0 Å². The van der Waals surface area contributed by atoms with Crippen molar-refractivity contribution < 1.29 is 14.3 Å². The van der Waals surface area contributed by atoms with Crippen LogP contribution >= 0.6 is 0 Å². The molecular weight excluding hydrogens is 308 g/mol. The molecule has 7 nitrogen and oxygen atoms in total. The standard InChI is InChI=1S/C17H24N4O3/c1-2-18-17(20-10-16(22)21-13-4-5-13)19-8-7-12-3-6-14-15(9-12)24-11-23-14/h3,6,9,13H,2,4-5,7-8,10-11H2,1H3,(H,21,22)(H2,18,19,20). The summed E-state index contributed by atoms with van der Waals surface area (Å²) in [5.41, 5.74) is 1.16. The van der Waals surface area contributed by atoms with Gasteiger partial charge in [-0.3, -0.25) is 4.79 Å². The number of guanidine groups is 1. The number of benzene rings is 1. The van der Waals surface area contributed by atoms with Crippen LogP contribution in [0.5, 0.6) is 11.5 Å². The van der Waals surface area contributed by atoms with Crippen molar-refractivity contribution in [2.24, 2.45) is 4.99 Å². The van der Waals surface area contributed by atoms with Crippen LogP contribution < -0.4 is 25.4 Å². The molecule has 7 heteroatoms. The molecule has 1 aromatic carbocycles. The van der Waals surface area contributed by atoms with E-state index in [2.05, 4.69) is 20.9 Å². The maximum atomic E-state index is 11.7. The Morgan fingerprint density at radius 1 is 1.25 bits per heavy atom. The van der Waals surface area contributed by atoms with Crippen molar-refractivity contribution in [1.82, 2.24) is 16.0 Å². The fourth-order valence-corrected chi connectivity index (χ4v) is 2.42. The molecule has 0 radical (unpaired) electrons. The SMILES string of the molecule is CCNC(=NCC(=O)NC1CC1)NCCc1ccc2c(c1)OCO2. The minimum absolute atomic E-state index is 0.0227. The molecule has 0 spiro atoms. The van der Waals surface area contributed by atoms with Crippen molar-refractivity contribution in [3.8, 4) is 11.5 Å². The number of aliphatic imine (C=N–C) groups is 1. The van der Waals surface area contributed by atoms with E-state index in [9.17, 15) is 4.79 Å². The summed E-state index contributed by atoms with van der Waals surface area (Å²) in [6.45, 7) is 3.90. The lowest BCUT2D eigenvalue weighted by atomic mass is 10.1. The van der Waals surface area contributed by atoms with E-state index in [1.165, 1.54) is 0 Å². The van der Waals surface area contributed by atoms with Crippen LogP contribution in [0.15, 0.2) is 23.2 Å². The lowest BCUT2D eigenvalue weighted by molar-refractivity contribution is -0.119. The molecule has 1 saturated carbocycles. The summed E-state index contributed by atoms with van der Waals surface area (Å²) in [5.74, 6) is 2.22. The number of nitrogens with one attached hydrogen (secondary N) is 3. The van der Waals surface area contributed by atoms with Gasteiger partial charge in [0, 0.05) is 19.1 Å². The molecule has 0 saturated heterocycles. The minimum Gasteiger partial charge on any atom is -0.454 e. The first-order chi connectivity index (χ1) is 11.7. The highest BCUT2D eigenvalue weighted by Crippen LogP contribution is 2.32. The van der Waals surface area contributed by atoms with Gasteiger partial charge in [-0.1, -0.05) is 6.07 Å². The summed E-state index contributed by atoms with van der Waals surface area (Å²) in [7, 11) is 0. The normalized spacial score (nSPS) is 16.0. The van der Waals surface area contributed by atoms with Crippen LogP contribution in [0.2, 0.25) is 0 Å². The summed E-state index contributed by atoms with van der Waals surface area (Å²) in [4.78, 5) is 16.0. The van der Waals surface area contributed by atoms with E-state index in [0.717, 1.165) is 49.4 Å². The summed E-state index contributed by atoms with van der Waals surface area (Å²) in [5, 5.41) is 9.33. The van der Waals surface area contributed by atoms with Crippen LogP contribution in [-0.4, -0.2) is 44.3 Å². The van der Waals surface area contributed by atoms with Gasteiger partial charge < -0.3 is 25.4 Å². The lowest BCUT2D eigenvalue weighted by Gasteiger charge is -2.11. The number of amides is 1. The largest absolute Gasteiger partial charge is 0.454 e. The van der Waals surface area contributed by atoms with Crippen LogP contribution in [0.4, 0.5) is 0 Å². The molecule has 130 valence electrons. The fraction of sp³-hybridized carbons (Fsp3) is 0.529. The molecule has 1 heterocycles. The van der Waals surface area contributed by atoms with E-state index in [4.69, 9.17) is 9.47 Å². The van der Waals surface area contributed by atoms with Gasteiger partial charge in [0.15, 0.2) is 17.5 Å². The van der Waals surface area contributed by atoms with Gasteiger partial charge >= 0.3 is 0 Å². The third-order valence-corrected chi connectivity index (χ3v) is 3.81. The number of hydrogen-bond donors (Lipinski definition) is 3. The van der Waals surface area contributed by atoms with Gasteiger partial charge in [0.1, 0.15) is 6.54 Å². The molecule has 3 rings (SSSR count). The average molecular weight is 332 g/mol. The van der Waals surface area contributed by atoms with E-state index in [1.54, 1.807) is 0 Å². The highest BCUT2D eigenvalue weighted by molar-refractivity contribution is 5.85. The molecule has 24 heavy (non-hydrogen) atoms. The minimum atomic E-state index is -0.0227. The predicted molar refractivity (Wildman–Crippen MR) is 91.4 cm³/mol. The summed E-state index contributed by atoms with van der Waals surface area (Å²) >= 11 is 0. The van der Waals surface area contributed by atoms with E-state index >= 15 is 0 Å². The Bertz CT molecular complexity index is 614. The Morgan fingerprint density at radius 3 is 2.88 bits per heavy atom. The average Bonchev–Trinajstić information content (AvgIpc) is 3.26. The molecule has 0 atom stereocenters. The van der Waals surface area contributed by atoms with Crippen LogP contribution in [0, 0.1) is 0 Å². The number of hydrogen-bond acceptors (Lipinski definition) is 4. The van der Waals surface area contributed by atoms with Crippen molar-refractivity contribution in [2.75, 3.05) is 26.4 Å². The van der Waals surface area contributed by atoms with Crippen molar-refractivity contribution >= 4 is 11.9 Å². The van der Waals surface area contributed by atoms with Crippen LogP contribution in [0.1, 0.15) is 25.3 Å². The first-order valence-corrected chi connectivity index (χ1v) is 8.44. The summed E-state index contributed by atoms with van der Waals surface area (Å²) in [6, 6.07) is 6.33. The highest BCUT2D eigenvalue weighted by atomic mass is 16.7. The van der Waals surface area contributed by atoms with E-state index < -0.39 is 0 Å². The van der Waals surface area contributed by atoms with Gasteiger partial charge in [0.05, 0.1) is 0 Å². The first-order valence-electron chi connectivity index (χ1n) is 8.44. The second-order valence-corrected chi connectivity index (χ2v) is 5.90. The molecular formula is C17H24N4O3. The van der Waals surface area contributed by atoms with E-state index in [-0.39, 0.29) is 19.2 Å². The molecule has 1 amide bonds. The van der Waals surface area contributed by atoms with Crippen molar-refractivity contribution in [2.45, 2.75) is 32.2 Å². The third-order valence-electron chi connectivity index (χ3n) is 3.81. The molecule has 0 bridgehead atoms. The van der Waals surface area contributed by atoms with Crippen LogP contribution in [-0.2, 0) is 11.2 Å². The number of carbonyl (C=O) groups excluding carboxylic acids is 1. The molecule has 1 aliphatic heterocycles. The molecule has 2 aliphatic rings. The topological polar surface area (TPSA) is 84.0 Å². The second kappa shape index (κ2) is 7.90. The molecule has 1 aromatic rings. The number of ether oxygens (including phenoxy) is 2. The molecule has 0 aromatic heterocycles.